The van der Waals surface area contributed by atoms with Crippen LogP contribution in [0.2, 0.25) is 0 Å². The molecule has 0 saturated carbocycles. The summed E-state index contributed by atoms with van der Waals surface area (Å²) >= 11 is 0. The Morgan fingerprint density at radius 2 is 0.886 bits per heavy atom. The molecule has 70 heavy (non-hydrogen) atoms. The predicted molar refractivity (Wildman–Crippen MR) is 270 cm³/mol. The van der Waals surface area contributed by atoms with Gasteiger partial charge in [0.15, 0.2) is 18.7 Å². The lowest BCUT2D eigenvalue weighted by Gasteiger charge is -2.42. The molecule has 2 fully saturated rings. The van der Waals surface area contributed by atoms with Gasteiger partial charge in [0.1, 0.15) is 55.4 Å². The van der Waals surface area contributed by atoms with Crippen molar-refractivity contribution in [3.05, 3.63) is 72.9 Å². The molecule has 4 unspecified atom stereocenters. The Labute approximate surface area is 419 Å². The van der Waals surface area contributed by atoms with Crippen LogP contribution in [0.5, 0.6) is 0 Å². The number of carbonyl (C=O) groups is 2. The van der Waals surface area contributed by atoms with Gasteiger partial charge in [0, 0.05) is 12.8 Å². The zero-order chi connectivity index (χ0) is 51.0. The van der Waals surface area contributed by atoms with E-state index in [1.807, 2.05) is 0 Å². The summed E-state index contributed by atoms with van der Waals surface area (Å²) in [7, 11) is 0. The van der Waals surface area contributed by atoms with Crippen molar-refractivity contribution in [1.82, 2.24) is 0 Å². The summed E-state index contributed by atoms with van der Waals surface area (Å²) in [6.45, 7) is 2.45. The van der Waals surface area contributed by atoms with E-state index in [0.29, 0.717) is 12.8 Å². The fourth-order valence-corrected chi connectivity index (χ4v) is 7.77. The Balaban J connectivity index is 1.82. The van der Waals surface area contributed by atoms with Gasteiger partial charge in [0.05, 0.1) is 19.8 Å². The van der Waals surface area contributed by atoms with E-state index in [1.165, 1.54) is 25.7 Å². The average Bonchev–Trinajstić information content (AvgIpc) is 3.35. The largest absolute Gasteiger partial charge is 0.462 e. The first-order valence-corrected chi connectivity index (χ1v) is 26.5. The Hall–Kier alpha value is -3.06. The van der Waals surface area contributed by atoms with Crippen LogP contribution < -0.4 is 0 Å². The van der Waals surface area contributed by atoms with E-state index in [0.717, 1.165) is 103 Å². The molecule has 11 atom stereocenters. The van der Waals surface area contributed by atoms with Crippen LogP contribution in [0.1, 0.15) is 168 Å². The van der Waals surface area contributed by atoms with Crippen LogP contribution in [-0.2, 0) is 38.0 Å². The number of hydrogen-bond donors (Lipinski definition) is 7. The zero-order valence-corrected chi connectivity index (χ0v) is 42.5. The molecule has 0 aromatic rings. The van der Waals surface area contributed by atoms with Gasteiger partial charge < -0.3 is 64.2 Å². The molecule has 0 aromatic heterocycles. The van der Waals surface area contributed by atoms with Gasteiger partial charge in [-0.2, -0.15) is 0 Å². The number of carbonyl (C=O) groups excluding carboxylic acids is 2. The first-order chi connectivity index (χ1) is 34.0. The number of rotatable bonds is 40. The summed E-state index contributed by atoms with van der Waals surface area (Å²) in [5, 5.41) is 72.1. The van der Waals surface area contributed by atoms with Crippen LogP contribution in [0.4, 0.5) is 0 Å². The Kier molecular flexibility index (Phi) is 37.3. The van der Waals surface area contributed by atoms with E-state index < -0.39 is 99.3 Å². The minimum Gasteiger partial charge on any atom is -0.462 e. The number of esters is 2. The van der Waals surface area contributed by atoms with E-state index in [2.05, 4.69) is 86.8 Å². The molecule has 0 radical (unpaired) electrons. The van der Waals surface area contributed by atoms with Gasteiger partial charge >= 0.3 is 11.9 Å². The molecule has 15 heteroatoms. The molecule has 0 amide bonds. The first-order valence-electron chi connectivity index (χ1n) is 26.5. The van der Waals surface area contributed by atoms with Gasteiger partial charge in [-0.25, -0.2) is 0 Å². The number of aliphatic hydroxyl groups excluding tert-OH is 7. The van der Waals surface area contributed by atoms with Gasteiger partial charge in [0.2, 0.25) is 0 Å². The molecule has 15 nitrogen and oxygen atoms in total. The topological polar surface area (TPSA) is 231 Å². The third-order valence-corrected chi connectivity index (χ3v) is 12.1. The summed E-state index contributed by atoms with van der Waals surface area (Å²) in [6.07, 6.45) is 32.0. The van der Waals surface area contributed by atoms with E-state index in [-0.39, 0.29) is 19.4 Å². The van der Waals surface area contributed by atoms with Crippen molar-refractivity contribution in [2.75, 3.05) is 26.4 Å². The maximum Gasteiger partial charge on any atom is 0.306 e. The molecule has 0 aliphatic carbocycles. The maximum absolute atomic E-state index is 13.0. The molecule has 2 rings (SSSR count). The predicted octanol–water partition coefficient (Wildman–Crippen LogP) is 7.82. The number of aliphatic hydroxyl groups is 7. The van der Waals surface area contributed by atoms with Gasteiger partial charge in [-0.15, -0.1) is 0 Å². The third-order valence-electron chi connectivity index (χ3n) is 12.1. The van der Waals surface area contributed by atoms with Crippen molar-refractivity contribution >= 4 is 11.9 Å². The molecule has 0 aromatic carbocycles. The standard InChI is InChI=1S/C55H92O15/c1-3-5-7-9-11-13-15-17-19-21-23-25-27-29-31-33-35-37-46(57)65-40-43(68-47(58)38-36-34-32-30-28-26-24-22-20-18-16-14-12-10-8-6-4-2)41-66-54-53(64)51(62)49(60)45(70-54)42-67-55-52(63)50(61)48(59)44(39-56)69-55/h7,9,12-15,18-21,25,27,43-45,48-56,59-64H,3-6,8,10-11,16-17,22-24,26,28-42H2,1-2H3/b9-7+,14-12+,15-13+,20-18+,21-19+,27-25+/t43-,44+,45+,48-,49-,50?,51?,52?,53?,54+,55+/m0/s1. The lowest BCUT2D eigenvalue weighted by molar-refractivity contribution is -0.332. The lowest BCUT2D eigenvalue weighted by atomic mass is 9.98. The average molecular weight is 993 g/mol. The van der Waals surface area contributed by atoms with Crippen molar-refractivity contribution in [3.8, 4) is 0 Å². The van der Waals surface area contributed by atoms with Gasteiger partial charge in [0.25, 0.3) is 0 Å². The third kappa shape index (κ3) is 28.8. The van der Waals surface area contributed by atoms with Crippen LogP contribution >= 0.6 is 0 Å². The second-order valence-electron chi connectivity index (χ2n) is 18.3. The molecule has 7 N–H and O–H groups in total. The number of ether oxygens (including phenoxy) is 6. The van der Waals surface area contributed by atoms with E-state index in [1.54, 1.807) is 0 Å². The summed E-state index contributed by atoms with van der Waals surface area (Å²) in [6, 6.07) is 0. The molecule has 402 valence electrons. The normalized spacial score (nSPS) is 26.0. The monoisotopic (exact) mass is 993 g/mol. The summed E-state index contributed by atoms with van der Waals surface area (Å²) in [5.41, 5.74) is 0. The number of unbranched alkanes of at least 4 members (excludes halogenated alkanes) is 14. The zero-order valence-electron chi connectivity index (χ0n) is 42.5. The van der Waals surface area contributed by atoms with E-state index >= 15 is 0 Å². The van der Waals surface area contributed by atoms with Crippen molar-refractivity contribution in [3.63, 3.8) is 0 Å². The fraction of sp³-hybridized carbons (Fsp3) is 0.745. The molecule has 2 aliphatic rings. The Morgan fingerprint density at radius 1 is 0.457 bits per heavy atom. The van der Waals surface area contributed by atoms with Gasteiger partial charge in [-0.1, -0.05) is 145 Å². The van der Waals surface area contributed by atoms with Crippen LogP contribution in [0.25, 0.3) is 0 Å². The summed E-state index contributed by atoms with van der Waals surface area (Å²) in [4.78, 5) is 25.8. The highest BCUT2D eigenvalue weighted by molar-refractivity contribution is 5.70. The lowest BCUT2D eigenvalue weighted by Crippen LogP contribution is -2.61. The van der Waals surface area contributed by atoms with Crippen molar-refractivity contribution in [2.24, 2.45) is 0 Å². The second-order valence-corrected chi connectivity index (χ2v) is 18.3. The van der Waals surface area contributed by atoms with E-state index in [4.69, 9.17) is 28.4 Å². The van der Waals surface area contributed by atoms with Crippen molar-refractivity contribution in [2.45, 2.75) is 235 Å². The Morgan fingerprint density at radius 3 is 1.41 bits per heavy atom. The van der Waals surface area contributed by atoms with Crippen LogP contribution in [0, 0.1) is 0 Å². The summed E-state index contributed by atoms with van der Waals surface area (Å²) in [5.74, 6) is -0.975. The molecule has 0 bridgehead atoms. The quantitative estimate of drug-likeness (QED) is 0.0176. The van der Waals surface area contributed by atoms with Crippen LogP contribution in [0.15, 0.2) is 72.9 Å². The molecule has 2 aliphatic heterocycles. The SMILES string of the molecule is CCC/C=C/C/C=C/C/C=C/C/C=C/CCCCCC(=O)OC[C@@H](CO[C@@H]1O[C@H](CO[C@@H]2O[C@H](CO)[C@H](O)C(O)C2O)[C@H](O)C(O)C1O)OC(=O)CCCCCCCCC/C=C/C/C=C/CCCCC. The van der Waals surface area contributed by atoms with Gasteiger partial charge in [-0.3, -0.25) is 9.59 Å². The molecule has 0 spiro atoms. The fourth-order valence-electron chi connectivity index (χ4n) is 7.77. The summed E-state index contributed by atoms with van der Waals surface area (Å²) < 4.78 is 33.6. The highest BCUT2D eigenvalue weighted by atomic mass is 16.7. The molecular formula is C55H92O15. The number of hydrogen-bond acceptors (Lipinski definition) is 15. The second kappa shape index (κ2) is 41.4. The van der Waals surface area contributed by atoms with Crippen molar-refractivity contribution < 1.29 is 73.8 Å². The van der Waals surface area contributed by atoms with E-state index in [9.17, 15) is 45.3 Å². The smallest absolute Gasteiger partial charge is 0.306 e. The molecule has 2 heterocycles. The highest BCUT2D eigenvalue weighted by Gasteiger charge is 2.47. The molecule has 2 saturated heterocycles. The number of allylic oxidation sites excluding steroid dienone is 12. The first kappa shape index (κ1) is 63.1. The maximum atomic E-state index is 13.0. The van der Waals surface area contributed by atoms with Crippen LogP contribution in [-0.4, -0.2) is 142 Å². The minimum absolute atomic E-state index is 0.145. The molecular weight excluding hydrogens is 901 g/mol. The minimum atomic E-state index is -1.78. The van der Waals surface area contributed by atoms with Gasteiger partial charge in [-0.05, 0) is 83.5 Å². The van der Waals surface area contributed by atoms with Crippen LogP contribution in [0.3, 0.4) is 0 Å². The highest BCUT2D eigenvalue weighted by Crippen LogP contribution is 2.26. The van der Waals surface area contributed by atoms with Crippen molar-refractivity contribution in [1.29, 1.82) is 0 Å². The Bertz CT molecular complexity index is 1490.